The summed E-state index contributed by atoms with van der Waals surface area (Å²) in [4.78, 5) is 3.02. The van der Waals surface area contributed by atoms with Crippen LogP contribution in [0.3, 0.4) is 0 Å². The number of aromatic amines is 1. The monoisotopic (exact) mass is 462 g/mol. The molecule has 0 bridgehead atoms. The molecule has 0 fully saturated rings. The van der Waals surface area contributed by atoms with Crippen LogP contribution < -0.4 is 33.7 Å². The summed E-state index contributed by atoms with van der Waals surface area (Å²) < 4.78 is 64.4. The molecular weight excluding hydrogens is 450 g/mol. The fourth-order valence-corrected chi connectivity index (χ4v) is 1.20. The summed E-state index contributed by atoms with van der Waals surface area (Å²) in [5.74, 6) is 0.788. The van der Waals surface area contributed by atoms with Gasteiger partial charge in [-0.05, 0) is 11.6 Å². The summed E-state index contributed by atoms with van der Waals surface area (Å²) in [7, 11) is -6.09. The van der Waals surface area contributed by atoms with Crippen LogP contribution in [0.2, 0.25) is 0 Å². The van der Waals surface area contributed by atoms with E-state index in [1.165, 1.54) is 5.56 Å². The first-order valence-corrected chi connectivity index (χ1v) is 7.26. The van der Waals surface area contributed by atoms with Gasteiger partial charge in [0, 0.05) is 6.07 Å². The lowest BCUT2D eigenvalue weighted by Gasteiger charge is -2.08. The van der Waals surface area contributed by atoms with Crippen molar-refractivity contribution in [3.8, 4) is 5.88 Å². The largest absolute Gasteiger partial charge is 1.00 e. The van der Waals surface area contributed by atoms with Gasteiger partial charge in [0.2, 0.25) is 0 Å². The molecule has 1 aromatic heterocycles. The Morgan fingerprint density at radius 2 is 1.57 bits per heavy atom. The SMILES string of the molecule is O=S(=O)([O-])C(F)(F)F.[I-].c1ccc(COc2cccc[nH+]2)cc1. The number of nitrogens with one attached hydrogen (secondary N) is 1. The number of rotatable bonds is 3. The summed E-state index contributed by atoms with van der Waals surface area (Å²) in [6, 6.07) is 15.9. The van der Waals surface area contributed by atoms with Gasteiger partial charge in [-0.2, -0.15) is 18.2 Å². The Morgan fingerprint density at radius 3 is 2.00 bits per heavy atom. The van der Waals surface area contributed by atoms with E-state index in [1.807, 2.05) is 54.7 Å². The number of pyridine rings is 1. The minimum absolute atomic E-state index is 0. The fraction of sp³-hybridized carbons (Fsp3) is 0.154. The van der Waals surface area contributed by atoms with Crippen LogP contribution in [0.15, 0.2) is 54.7 Å². The van der Waals surface area contributed by atoms with E-state index in [-0.39, 0.29) is 24.0 Å². The van der Waals surface area contributed by atoms with Crippen LogP contribution in [0.5, 0.6) is 5.88 Å². The van der Waals surface area contributed by atoms with Crippen LogP contribution >= 0.6 is 0 Å². The van der Waals surface area contributed by atoms with E-state index >= 15 is 0 Å². The van der Waals surface area contributed by atoms with E-state index in [1.54, 1.807) is 0 Å². The smallest absolute Gasteiger partial charge is 0.485 e. The predicted molar refractivity (Wildman–Crippen MR) is 69.5 cm³/mol. The first kappa shape index (κ1) is 21.6. The van der Waals surface area contributed by atoms with E-state index in [9.17, 15) is 13.2 Å². The van der Waals surface area contributed by atoms with Crippen molar-refractivity contribution < 1.29 is 59.8 Å². The molecule has 0 saturated carbocycles. The number of alkyl halides is 3. The van der Waals surface area contributed by atoms with E-state index in [0.29, 0.717) is 6.61 Å². The number of hydrogen-bond acceptors (Lipinski definition) is 4. The molecule has 0 aliphatic heterocycles. The summed E-state index contributed by atoms with van der Waals surface area (Å²) >= 11 is 0. The van der Waals surface area contributed by atoms with Crippen molar-refractivity contribution in [3.05, 3.63) is 60.3 Å². The van der Waals surface area contributed by atoms with Crippen molar-refractivity contribution >= 4 is 10.1 Å². The van der Waals surface area contributed by atoms with Gasteiger partial charge < -0.3 is 33.3 Å². The molecule has 0 atom stereocenters. The molecule has 1 heterocycles. The molecule has 10 heteroatoms. The summed E-state index contributed by atoms with van der Waals surface area (Å²) in [6.07, 6.45) is 1.85. The maximum Gasteiger partial charge on any atom is 0.485 e. The highest BCUT2D eigenvalue weighted by molar-refractivity contribution is 7.86. The minimum atomic E-state index is -6.09. The molecule has 1 N–H and O–H groups in total. The third kappa shape index (κ3) is 8.71. The third-order valence-electron chi connectivity index (χ3n) is 2.20. The van der Waals surface area contributed by atoms with Gasteiger partial charge in [-0.1, -0.05) is 30.3 Å². The first-order chi connectivity index (χ1) is 10.2. The van der Waals surface area contributed by atoms with Gasteiger partial charge in [0.05, 0.1) is 6.07 Å². The number of halogens is 4. The normalized spacial score (nSPS) is 10.8. The van der Waals surface area contributed by atoms with Gasteiger partial charge in [0.1, 0.15) is 6.61 Å². The number of H-pyrrole nitrogens is 1. The maximum absolute atomic E-state index is 10.7. The Morgan fingerprint density at radius 1 is 1.04 bits per heavy atom. The molecular formula is C13H12F3INO4S-. The molecule has 0 amide bonds. The molecule has 2 aromatic rings. The second kappa shape index (κ2) is 9.67. The lowest BCUT2D eigenvalue weighted by molar-refractivity contribution is -0.395. The van der Waals surface area contributed by atoms with Gasteiger partial charge >= 0.3 is 11.4 Å². The Balaban J connectivity index is 0.000000469. The van der Waals surface area contributed by atoms with Crippen molar-refractivity contribution in [1.29, 1.82) is 0 Å². The number of aromatic nitrogens is 1. The highest BCUT2D eigenvalue weighted by Crippen LogP contribution is 2.20. The molecule has 0 unspecified atom stereocenters. The highest BCUT2D eigenvalue weighted by Gasteiger charge is 2.36. The van der Waals surface area contributed by atoms with Crippen molar-refractivity contribution in [2.24, 2.45) is 0 Å². The molecule has 1 aromatic carbocycles. The van der Waals surface area contributed by atoms with Gasteiger partial charge in [-0.25, -0.2) is 8.42 Å². The van der Waals surface area contributed by atoms with Gasteiger partial charge in [0.25, 0.3) is 0 Å². The molecule has 0 saturated heterocycles. The predicted octanol–water partition coefficient (Wildman–Crippen LogP) is -0.865. The lowest BCUT2D eigenvalue weighted by Crippen LogP contribution is -3.00. The fourth-order valence-electron chi connectivity index (χ4n) is 1.20. The zero-order valence-electron chi connectivity index (χ0n) is 11.5. The Kier molecular flexibility index (Phi) is 9.09. The topological polar surface area (TPSA) is 80.6 Å². The van der Waals surface area contributed by atoms with Crippen LogP contribution in [0, 0.1) is 0 Å². The number of benzene rings is 1. The van der Waals surface area contributed by atoms with Gasteiger partial charge in [0.15, 0.2) is 16.3 Å². The average molecular weight is 462 g/mol. The Hall–Kier alpha value is -1.40. The van der Waals surface area contributed by atoms with Crippen LogP contribution in [0.1, 0.15) is 5.56 Å². The zero-order valence-corrected chi connectivity index (χ0v) is 14.4. The molecule has 5 nitrogen and oxygen atoms in total. The number of ether oxygens (including phenoxy) is 1. The Labute approximate surface area is 148 Å². The average Bonchev–Trinajstić information content (AvgIpc) is 2.46. The van der Waals surface area contributed by atoms with Crippen molar-refractivity contribution in [1.82, 2.24) is 0 Å². The molecule has 2 rings (SSSR count). The van der Waals surface area contributed by atoms with Gasteiger partial charge in [-0.3, -0.25) is 0 Å². The molecule has 0 aliphatic carbocycles. The Bertz CT molecular complexity index is 627. The molecule has 128 valence electrons. The zero-order chi connectivity index (χ0) is 16.6. The van der Waals surface area contributed by atoms with E-state index in [4.69, 9.17) is 17.7 Å². The number of hydrogen-bond donors (Lipinski definition) is 0. The summed E-state index contributed by atoms with van der Waals surface area (Å²) in [6.45, 7) is 0.599. The van der Waals surface area contributed by atoms with Crippen LogP contribution in [0.25, 0.3) is 0 Å². The van der Waals surface area contributed by atoms with Crippen LogP contribution in [-0.4, -0.2) is 18.5 Å². The van der Waals surface area contributed by atoms with Crippen molar-refractivity contribution in [2.45, 2.75) is 12.1 Å². The van der Waals surface area contributed by atoms with E-state index in [0.717, 1.165) is 5.88 Å². The standard InChI is InChI=1S/C12H11NO.CHF3O3S.HI/c1-2-6-11(7-3-1)10-14-12-8-4-5-9-13-12;2-1(3,4)8(5,6)7;/h1-9H,10H2;(H,5,6,7);1H/p-1. The molecule has 23 heavy (non-hydrogen) atoms. The second-order valence-corrected chi connectivity index (χ2v) is 5.27. The highest BCUT2D eigenvalue weighted by atomic mass is 127. The van der Waals surface area contributed by atoms with Crippen LogP contribution in [0.4, 0.5) is 13.2 Å². The van der Waals surface area contributed by atoms with E-state index < -0.39 is 15.6 Å². The molecule has 0 radical (unpaired) electrons. The van der Waals surface area contributed by atoms with Crippen molar-refractivity contribution in [2.75, 3.05) is 0 Å². The van der Waals surface area contributed by atoms with Crippen molar-refractivity contribution in [3.63, 3.8) is 0 Å². The first-order valence-electron chi connectivity index (χ1n) is 5.86. The quantitative estimate of drug-likeness (QED) is 0.338. The molecule has 0 spiro atoms. The maximum atomic E-state index is 10.7. The van der Waals surface area contributed by atoms with Gasteiger partial charge in [-0.15, -0.1) is 0 Å². The van der Waals surface area contributed by atoms with Crippen LogP contribution in [-0.2, 0) is 16.7 Å². The summed E-state index contributed by atoms with van der Waals surface area (Å²) in [5.41, 5.74) is -4.47. The summed E-state index contributed by atoms with van der Waals surface area (Å²) in [5, 5.41) is 0. The minimum Gasteiger partial charge on any atom is -1.00 e. The van der Waals surface area contributed by atoms with E-state index in [2.05, 4.69) is 4.98 Å². The molecule has 0 aliphatic rings. The third-order valence-corrected chi connectivity index (χ3v) is 2.77. The lowest BCUT2D eigenvalue weighted by atomic mass is 10.2. The second-order valence-electron chi connectivity index (χ2n) is 3.90.